The second-order valence-electron chi connectivity index (χ2n) is 4.18. The number of hydrogen-bond donors (Lipinski definition) is 0. The Morgan fingerprint density at radius 1 is 1.30 bits per heavy atom. The highest BCUT2D eigenvalue weighted by Gasteiger charge is 2.16. The Kier molecular flexibility index (Phi) is 3.35. The Hall–Kier alpha value is -2.02. The van der Waals surface area contributed by atoms with Gasteiger partial charge < -0.3 is 0 Å². The molecule has 1 atom stereocenters. The monoisotopic (exact) mass is 292 g/mol. The van der Waals surface area contributed by atoms with Crippen molar-refractivity contribution in [2.45, 2.75) is 17.3 Å². The first-order valence-electron chi connectivity index (χ1n) is 5.92. The fraction of sp³-hybridized carbons (Fsp3) is 0.154. The van der Waals surface area contributed by atoms with Crippen LogP contribution in [0.15, 0.2) is 41.8 Å². The molecule has 1 unspecified atom stereocenters. The van der Waals surface area contributed by atoms with E-state index in [2.05, 4.69) is 15.1 Å². The molecule has 1 aromatic carbocycles. The molecule has 3 aromatic rings. The highest BCUT2D eigenvalue weighted by Crippen LogP contribution is 2.34. The van der Waals surface area contributed by atoms with Crippen molar-refractivity contribution in [1.82, 2.24) is 19.6 Å². The van der Waals surface area contributed by atoms with Crippen molar-refractivity contribution in [2.24, 2.45) is 0 Å². The first-order chi connectivity index (χ1) is 9.63. The summed E-state index contributed by atoms with van der Waals surface area (Å²) in [4.78, 5) is 8.30. The third-order valence-electron chi connectivity index (χ3n) is 2.78. The average molecular weight is 292 g/mol. The lowest BCUT2D eigenvalue weighted by Crippen LogP contribution is -1.95. The van der Waals surface area contributed by atoms with Crippen molar-refractivity contribution >= 4 is 17.5 Å². The molecule has 20 heavy (non-hydrogen) atoms. The lowest BCUT2D eigenvalue weighted by Gasteiger charge is -2.09. The van der Waals surface area contributed by atoms with Gasteiger partial charge in [0.25, 0.3) is 5.78 Å². The molecular weight excluding hydrogens is 282 g/mol. The van der Waals surface area contributed by atoms with Gasteiger partial charge in [-0.05, 0) is 19.1 Å². The summed E-state index contributed by atoms with van der Waals surface area (Å²) < 4.78 is 28.1. The van der Waals surface area contributed by atoms with E-state index in [4.69, 9.17) is 0 Å². The van der Waals surface area contributed by atoms with Gasteiger partial charge in [0.2, 0.25) is 5.16 Å². The third kappa shape index (κ3) is 2.49. The van der Waals surface area contributed by atoms with E-state index in [-0.39, 0.29) is 5.25 Å². The summed E-state index contributed by atoms with van der Waals surface area (Å²) in [6.45, 7) is 1.82. The van der Waals surface area contributed by atoms with Crippen LogP contribution in [0.3, 0.4) is 0 Å². The average Bonchev–Trinajstić information content (AvgIpc) is 2.80. The highest BCUT2D eigenvalue weighted by molar-refractivity contribution is 7.99. The van der Waals surface area contributed by atoms with Gasteiger partial charge >= 0.3 is 0 Å². The number of aromatic nitrogens is 4. The molecule has 2 heterocycles. The molecule has 0 N–H and O–H groups in total. The van der Waals surface area contributed by atoms with E-state index in [0.29, 0.717) is 16.5 Å². The van der Waals surface area contributed by atoms with Gasteiger partial charge in [0.15, 0.2) is 0 Å². The van der Waals surface area contributed by atoms with Gasteiger partial charge in [-0.3, -0.25) is 0 Å². The van der Waals surface area contributed by atoms with Crippen LogP contribution < -0.4 is 0 Å². The smallest absolute Gasteiger partial charge is 0.220 e. The maximum atomic E-state index is 13.7. The van der Waals surface area contributed by atoms with E-state index in [0.717, 1.165) is 6.07 Å². The fourth-order valence-electron chi connectivity index (χ4n) is 1.82. The molecule has 0 aliphatic rings. The SMILES string of the molecule is CC(Sc1nc2ncccn2n1)c1ccc(F)cc1F. The van der Waals surface area contributed by atoms with E-state index in [1.807, 2.05) is 6.92 Å². The molecule has 4 nitrogen and oxygen atoms in total. The molecule has 0 saturated heterocycles. The summed E-state index contributed by atoms with van der Waals surface area (Å²) in [5.74, 6) is -0.660. The summed E-state index contributed by atoms with van der Waals surface area (Å²) >= 11 is 1.30. The summed E-state index contributed by atoms with van der Waals surface area (Å²) in [6, 6.07) is 5.31. The lowest BCUT2D eigenvalue weighted by atomic mass is 10.1. The molecule has 3 rings (SSSR count). The van der Waals surface area contributed by atoms with E-state index in [1.165, 1.54) is 23.9 Å². The van der Waals surface area contributed by atoms with Crippen LogP contribution in [0.5, 0.6) is 0 Å². The predicted molar refractivity (Wildman–Crippen MR) is 71.4 cm³/mol. The molecule has 0 bridgehead atoms. The molecule has 0 radical (unpaired) electrons. The van der Waals surface area contributed by atoms with E-state index in [1.54, 1.807) is 23.0 Å². The summed E-state index contributed by atoms with van der Waals surface area (Å²) in [5.41, 5.74) is 0.420. The molecule has 0 fully saturated rings. The number of rotatable bonds is 3. The standard InChI is InChI=1S/C13H10F2N4S/c1-8(10-4-3-9(14)7-11(10)15)20-13-17-12-16-5-2-6-19(12)18-13/h2-8H,1H3. The molecule has 0 spiro atoms. The Morgan fingerprint density at radius 2 is 2.15 bits per heavy atom. The quantitative estimate of drug-likeness (QED) is 0.695. The van der Waals surface area contributed by atoms with Crippen molar-refractivity contribution in [3.05, 3.63) is 53.9 Å². The van der Waals surface area contributed by atoms with E-state index >= 15 is 0 Å². The minimum Gasteiger partial charge on any atom is -0.220 e. The van der Waals surface area contributed by atoms with Crippen LogP contribution in [0.1, 0.15) is 17.7 Å². The number of benzene rings is 1. The zero-order valence-corrected chi connectivity index (χ0v) is 11.3. The molecular formula is C13H10F2N4S. The van der Waals surface area contributed by atoms with Crippen LogP contribution >= 0.6 is 11.8 Å². The van der Waals surface area contributed by atoms with Crippen LogP contribution in [0.4, 0.5) is 8.78 Å². The van der Waals surface area contributed by atoms with Gasteiger partial charge in [0.05, 0.1) is 0 Å². The fourth-order valence-corrected chi connectivity index (χ4v) is 2.72. The minimum atomic E-state index is -0.585. The van der Waals surface area contributed by atoms with E-state index < -0.39 is 11.6 Å². The van der Waals surface area contributed by atoms with Crippen LogP contribution in [-0.4, -0.2) is 19.6 Å². The maximum absolute atomic E-state index is 13.7. The number of halogens is 2. The summed E-state index contributed by atoms with van der Waals surface area (Å²) in [7, 11) is 0. The van der Waals surface area contributed by atoms with Gasteiger partial charge in [-0.1, -0.05) is 17.8 Å². The van der Waals surface area contributed by atoms with Crippen LogP contribution in [0.2, 0.25) is 0 Å². The van der Waals surface area contributed by atoms with Gasteiger partial charge in [0.1, 0.15) is 11.6 Å². The van der Waals surface area contributed by atoms with E-state index in [9.17, 15) is 8.78 Å². The zero-order valence-electron chi connectivity index (χ0n) is 10.5. The highest BCUT2D eigenvalue weighted by atomic mass is 32.2. The molecule has 0 aliphatic heterocycles. The topological polar surface area (TPSA) is 43.1 Å². The molecule has 2 aromatic heterocycles. The predicted octanol–water partition coefficient (Wildman–Crippen LogP) is 3.26. The number of fused-ring (bicyclic) bond motifs is 1. The Balaban J connectivity index is 1.86. The Bertz CT molecular complexity index is 726. The van der Waals surface area contributed by atoms with Crippen molar-refractivity contribution < 1.29 is 8.78 Å². The van der Waals surface area contributed by atoms with Gasteiger partial charge in [-0.2, -0.15) is 4.98 Å². The maximum Gasteiger partial charge on any atom is 0.253 e. The Labute approximate surface area is 117 Å². The van der Waals surface area contributed by atoms with Gasteiger partial charge in [0, 0.05) is 29.3 Å². The summed E-state index contributed by atoms with van der Waals surface area (Å²) in [6.07, 6.45) is 3.37. The van der Waals surface area contributed by atoms with Crippen LogP contribution in [-0.2, 0) is 0 Å². The molecule has 0 aliphatic carbocycles. The van der Waals surface area contributed by atoms with Crippen LogP contribution in [0.25, 0.3) is 5.78 Å². The molecule has 7 heteroatoms. The van der Waals surface area contributed by atoms with Gasteiger partial charge in [-0.25, -0.2) is 18.3 Å². The largest absolute Gasteiger partial charge is 0.253 e. The number of hydrogen-bond acceptors (Lipinski definition) is 4. The zero-order chi connectivity index (χ0) is 14.1. The van der Waals surface area contributed by atoms with Gasteiger partial charge in [-0.15, -0.1) is 5.10 Å². The molecule has 0 saturated carbocycles. The summed E-state index contributed by atoms with van der Waals surface area (Å²) in [5, 5.41) is 4.51. The first kappa shape index (κ1) is 13.0. The van der Waals surface area contributed by atoms with Crippen molar-refractivity contribution in [2.75, 3.05) is 0 Å². The third-order valence-corrected chi connectivity index (χ3v) is 3.77. The Morgan fingerprint density at radius 3 is 2.90 bits per heavy atom. The van der Waals surface area contributed by atoms with Crippen LogP contribution in [0, 0.1) is 11.6 Å². The number of nitrogens with zero attached hydrogens (tertiary/aromatic N) is 4. The second-order valence-corrected chi connectivity index (χ2v) is 5.49. The second kappa shape index (κ2) is 5.16. The van der Waals surface area contributed by atoms with Crippen molar-refractivity contribution in [3.8, 4) is 0 Å². The number of thioether (sulfide) groups is 1. The van der Waals surface area contributed by atoms with Crippen molar-refractivity contribution in [3.63, 3.8) is 0 Å². The molecule has 0 amide bonds. The first-order valence-corrected chi connectivity index (χ1v) is 6.80. The van der Waals surface area contributed by atoms with Crippen molar-refractivity contribution in [1.29, 1.82) is 0 Å². The minimum absolute atomic E-state index is 0.229. The molecule has 102 valence electrons. The lowest BCUT2D eigenvalue weighted by molar-refractivity contribution is 0.572. The normalized spacial score (nSPS) is 12.8.